The summed E-state index contributed by atoms with van der Waals surface area (Å²) < 4.78 is 22.6. The molecule has 0 aliphatic heterocycles. The Hall–Kier alpha value is -0.200. The fourth-order valence-electron chi connectivity index (χ4n) is 0.534. The fourth-order valence-corrected chi connectivity index (χ4v) is 2.55. The van der Waals surface area contributed by atoms with Crippen LogP contribution in [0.15, 0.2) is 14.7 Å². The van der Waals surface area contributed by atoms with E-state index < -0.39 is 9.84 Å². The molecule has 0 N–H and O–H groups in total. The highest BCUT2D eigenvalue weighted by molar-refractivity contribution is 7.91. The van der Waals surface area contributed by atoms with Gasteiger partial charge in [0.1, 0.15) is 0 Å². The van der Waals surface area contributed by atoms with Crippen LogP contribution < -0.4 is 0 Å². The summed E-state index contributed by atoms with van der Waals surface area (Å²) in [5.74, 6) is 0.0749. The zero-order valence-electron chi connectivity index (χ0n) is 5.77. The summed E-state index contributed by atoms with van der Waals surface area (Å²) in [6.07, 6.45) is 0. The van der Waals surface area contributed by atoms with Crippen LogP contribution in [0.25, 0.3) is 0 Å². The van der Waals surface area contributed by atoms with Gasteiger partial charge in [0, 0.05) is 5.38 Å². The van der Waals surface area contributed by atoms with E-state index >= 15 is 0 Å². The number of thiazole rings is 1. The zero-order chi connectivity index (χ0) is 8.48. The van der Waals surface area contributed by atoms with Crippen LogP contribution in [0, 0.1) is 0 Å². The molecule has 0 aliphatic carbocycles. The zero-order valence-corrected chi connectivity index (χ0v) is 8.22. The summed E-state index contributed by atoms with van der Waals surface area (Å²) in [6, 6.07) is 0. The van der Waals surface area contributed by atoms with Gasteiger partial charge >= 0.3 is 0 Å². The molecule has 3 nitrogen and oxygen atoms in total. The Morgan fingerprint density at radius 2 is 2.36 bits per heavy atom. The van der Waals surface area contributed by atoms with Gasteiger partial charge in [-0.05, 0) is 12.6 Å². The molecule has 0 bridgehead atoms. The van der Waals surface area contributed by atoms with Crippen LogP contribution in [0.1, 0.15) is 6.92 Å². The molecule has 0 unspecified atom stereocenters. The van der Waals surface area contributed by atoms with E-state index in [1.54, 1.807) is 6.92 Å². The first kappa shape index (κ1) is 8.89. The van der Waals surface area contributed by atoms with Crippen LogP contribution in [0.5, 0.6) is 0 Å². The van der Waals surface area contributed by atoms with Gasteiger partial charge in [0.2, 0.25) is 0 Å². The molecular weight excluding hydrogens is 202 g/mol. The average molecular weight is 208 g/mol. The SMILES string of the molecule is CCS(=O)(=O)c1csc([S])n1. The Bertz CT molecular complexity index is 340. The van der Waals surface area contributed by atoms with E-state index in [-0.39, 0.29) is 10.8 Å². The van der Waals surface area contributed by atoms with E-state index in [2.05, 4.69) is 4.98 Å². The van der Waals surface area contributed by atoms with Gasteiger partial charge in [-0.15, -0.1) is 11.3 Å². The number of nitrogens with zero attached hydrogens (tertiary/aromatic N) is 1. The Balaban J connectivity index is 3.13. The lowest BCUT2D eigenvalue weighted by Gasteiger charge is -1.91. The third-order valence-electron chi connectivity index (χ3n) is 1.16. The first-order valence-electron chi connectivity index (χ1n) is 2.91. The minimum atomic E-state index is -3.14. The first-order valence-corrected chi connectivity index (χ1v) is 5.85. The lowest BCUT2D eigenvalue weighted by Crippen LogP contribution is -2.03. The summed E-state index contributed by atoms with van der Waals surface area (Å²) >= 11 is 5.86. The molecule has 0 spiro atoms. The molecule has 61 valence electrons. The molecule has 1 radical (unpaired) electrons. The van der Waals surface area contributed by atoms with Gasteiger partial charge < -0.3 is 0 Å². The Morgan fingerprint density at radius 3 is 2.73 bits per heavy atom. The third kappa shape index (κ3) is 1.88. The molecule has 1 heterocycles. The second kappa shape index (κ2) is 3.04. The van der Waals surface area contributed by atoms with Crippen molar-refractivity contribution in [1.82, 2.24) is 4.98 Å². The van der Waals surface area contributed by atoms with Crippen molar-refractivity contribution in [2.24, 2.45) is 0 Å². The number of hydrogen-bond acceptors (Lipinski definition) is 4. The number of aromatic nitrogens is 1. The summed E-state index contributed by atoms with van der Waals surface area (Å²) in [5, 5.41) is 1.58. The summed E-state index contributed by atoms with van der Waals surface area (Å²) in [4.78, 5) is 3.70. The van der Waals surface area contributed by atoms with Gasteiger partial charge in [0.15, 0.2) is 19.2 Å². The van der Waals surface area contributed by atoms with Crippen molar-refractivity contribution in [2.75, 3.05) is 5.75 Å². The van der Waals surface area contributed by atoms with Crippen molar-refractivity contribution >= 4 is 33.8 Å². The minimum Gasteiger partial charge on any atom is -0.222 e. The summed E-state index contributed by atoms with van der Waals surface area (Å²) in [5.41, 5.74) is 0. The molecule has 1 rings (SSSR count). The first-order chi connectivity index (χ1) is 5.06. The number of sulfone groups is 1. The lowest BCUT2D eigenvalue weighted by atomic mass is 11.0. The molecule has 11 heavy (non-hydrogen) atoms. The minimum absolute atomic E-state index is 0.0749. The van der Waals surface area contributed by atoms with Gasteiger partial charge in [-0.3, -0.25) is 0 Å². The molecule has 0 atom stereocenters. The smallest absolute Gasteiger partial charge is 0.196 e. The van der Waals surface area contributed by atoms with Gasteiger partial charge in [-0.1, -0.05) is 6.92 Å². The molecular formula is C5H6NO2S3. The third-order valence-corrected chi connectivity index (χ3v) is 3.93. The van der Waals surface area contributed by atoms with Crippen LogP contribution in [0.3, 0.4) is 0 Å². The standard InChI is InChI=1S/C5H6NO2S3/c1-2-11(7,8)4-3-10-5(9)6-4/h3H,2H2,1H3. The fraction of sp³-hybridized carbons (Fsp3) is 0.400. The Morgan fingerprint density at radius 1 is 1.73 bits per heavy atom. The van der Waals surface area contributed by atoms with Crippen molar-refractivity contribution in [3.8, 4) is 0 Å². The molecule has 0 aromatic carbocycles. The van der Waals surface area contributed by atoms with Gasteiger partial charge in [0.05, 0.1) is 5.75 Å². The lowest BCUT2D eigenvalue weighted by molar-refractivity contribution is 0.593. The molecule has 0 saturated heterocycles. The molecule has 6 heteroatoms. The van der Waals surface area contributed by atoms with Gasteiger partial charge in [-0.25, -0.2) is 13.4 Å². The predicted octanol–water partition coefficient (Wildman–Crippen LogP) is 1.49. The summed E-state index contributed by atoms with van der Waals surface area (Å²) in [6.45, 7) is 1.58. The van der Waals surface area contributed by atoms with E-state index in [1.807, 2.05) is 0 Å². The van der Waals surface area contributed by atoms with Crippen molar-refractivity contribution in [3.63, 3.8) is 0 Å². The highest BCUT2D eigenvalue weighted by Crippen LogP contribution is 2.17. The predicted molar refractivity (Wildman–Crippen MR) is 45.7 cm³/mol. The maximum atomic E-state index is 11.1. The quantitative estimate of drug-likeness (QED) is 0.740. The molecule has 0 saturated carbocycles. The van der Waals surface area contributed by atoms with Crippen molar-refractivity contribution in [3.05, 3.63) is 5.38 Å². The Labute approximate surface area is 74.8 Å². The second-order valence-corrected chi connectivity index (χ2v) is 5.58. The van der Waals surface area contributed by atoms with Gasteiger partial charge in [-0.2, -0.15) is 0 Å². The number of hydrogen-bond donors (Lipinski definition) is 0. The average Bonchev–Trinajstić information content (AvgIpc) is 2.36. The molecule has 1 aromatic rings. The van der Waals surface area contributed by atoms with E-state index in [0.29, 0.717) is 4.34 Å². The molecule has 1 aromatic heterocycles. The topological polar surface area (TPSA) is 47.0 Å². The van der Waals surface area contributed by atoms with E-state index in [9.17, 15) is 8.42 Å². The monoisotopic (exact) mass is 208 g/mol. The Kier molecular flexibility index (Phi) is 2.46. The normalized spacial score (nSPS) is 11.7. The number of rotatable bonds is 2. The van der Waals surface area contributed by atoms with Gasteiger partial charge in [0.25, 0.3) is 0 Å². The van der Waals surface area contributed by atoms with Crippen LogP contribution >= 0.6 is 24.0 Å². The molecule has 0 amide bonds. The van der Waals surface area contributed by atoms with Crippen molar-refractivity contribution in [1.29, 1.82) is 0 Å². The molecule has 0 fully saturated rings. The van der Waals surface area contributed by atoms with Crippen LogP contribution in [-0.4, -0.2) is 19.2 Å². The van der Waals surface area contributed by atoms with Crippen LogP contribution in [0.4, 0.5) is 0 Å². The summed E-state index contributed by atoms with van der Waals surface area (Å²) in [7, 11) is -3.14. The van der Waals surface area contributed by atoms with E-state index in [0.717, 1.165) is 0 Å². The molecule has 0 aliphatic rings. The van der Waals surface area contributed by atoms with Crippen molar-refractivity contribution < 1.29 is 8.42 Å². The highest BCUT2D eigenvalue weighted by Gasteiger charge is 2.14. The van der Waals surface area contributed by atoms with Crippen molar-refractivity contribution in [2.45, 2.75) is 16.3 Å². The maximum absolute atomic E-state index is 11.1. The van der Waals surface area contributed by atoms with Crippen LogP contribution in [-0.2, 0) is 9.84 Å². The van der Waals surface area contributed by atoms with Crippen LogP contribution in [0.2, 0.25) is 0 Å². The second-order valence-electron chi connectivity index (χ2n) is 1.86. The van der Waals surface area contributed by atoms with E-state index in [1.165, 1.54) is 16.7 Å². The maximum Gasteiger partial charge on any atom is 0.196 e. The largest absolute Gasteiger partial charge is 0.222 e. The van der Waals surface area contributed by atoms with E-state index in [4.69, 9.17) is 12.6 Å². The highest BCUT2D eigenvalue weighted by atomic mass is 32.2.